The van der Waals surface area contributed by atoms with Crippen LogP contribution in [0.25, 0.3) is 0 Å². The number of ether oxygens (including phenoxy) is 2. The Morgan fingerprint density at radius 1 is 0.470 bits per heavy atom. The lowest BCUT2D eigenvalue weighted by atomic mass is 9.98. The molecule has 0 bridgehead atoms. The van der Waals surface area contributed by atoms with E-state index in [9.17, 15) is 35.4 Å². The highest BCUT2D eigenvalue weighted by Gasteiger charge is 2.44. The predicted octanol–water partition coefficient (Wildman–Crippen LogP) is 12.8. The second-order valence-electron chi connectivity index (χ2n) is 20.6. The van der Waals surface area contributed by atoms with E-state index < -0.39 is 55.6 Å². The molecule has 1 amide bonds. The summed E-state index contributed by atoms with van der Waals surface area (Å²) in [4.78, 5) is 13.0. The summed E-state index contributed by atoms with van der Waals surface area (Å²) in [5, 5.41) is 65.2. The molecule has 1 aliphatic rings. The van der Waals surface area contributed by atoms with Crippen LogP contribution in [0, 0.1) is 0 Å². The van der Waals surface area contributed by atoms with Crippen LogP contribution in [0.4, 0.5) is 0 Å². The maximum absolute atomic E-state index is 13.0. The van der Waals surface area contributed by atoms with Crippen LogP contribution in [0.5, 0.6) is 0 Å². The van der Waals surface area contributed by atoms with Crippen LogP contribution >= 0.6 is 0 Å². The van der Waals surface area contributed by atoms with Crippen molar-refractivity contribution >= 4 is 5.91 Å². The van der Waals surface area contributed by atoms with Crippen LogP contribution in [-0.2, 0) is 14.3 Å². The Hall–Kier alpha value is -0.850. The minimum atomic E-state index is -1.60. The summed E-state index contributed by atoms with van der Waals surface area (Å²) in [7, 11) is 0. The van der Waals surface area contributed by atoms with Crippen molar-refractivity contribution in [3.8, 4) is 0 Å². The molecular weight excluding hydrogens is 831 g/mol. The van der Waals surface area contributed by atoms with Gasteiger partial charge < -0.3 is 45.4 Å². The average molecular weight is 943 g/mol. The number of hydrogen-bond acceptors (Lipinski definition) is 9. The van der Waals surface area contributed by atoms with Crippen LogP contribution in [0.3, 0.4) is 0 Å². The molecule has 66 heavy (non-hydrogen) atoms. The van der Waals surface area contributed by atoms with Gasteiger partial charge in [-0.3, -0.25) is 4.79 Å². The van der Waals surface area contributed by atoms with E-state index in [-0.39, 0.29) is 18.9 Å². The summed E-state index contributed by atoms with van der Waals surface area (Å²) >= 11 is 0. The van der Waals surface area contributed by atoms with Gasteiger partial charge in [-0.25, -0.2) is 0 Å². The number of nitrogens with one attached hydrogen (secondary N) is 1. The molecule has 2 unspecified atom stereocenters. The molecule has 0 aromatic heterocycles. The normalized spacial score (nSPS) is 20.2. The molecule has 1 saturated heterocycles. The molecule has 0 spiro atoms. The number of unbranched alkanes of at least 4 members (excludes halogenated alkanes) is 39. The fourth-order valence-corrected chi connectivity index (χ4v) is 9.67. The molecule has 394 valence electrons. The molecule has 10 heteroatoms. The zero-order valence-corrected chi connectivity index (χ0v) is 43.3. The van der Waals surface area contributed by atoms with Crippen molar-refractivity contribution < 1.29 is 44.9 Å². The van der Waals surface area contributed by atoms with Gasteiger partial charge in [-0.05, 0) is 12.8 Å². The van der Waals surface area contributed by atoms with E-state index in [0.29, 0.717) is 6.42 Å². The highest BCUT2D eigenvalue weighted by molar-refractivity contribution is 5.76. The maximum atomic E-state index is 13.0. The summed E-state index contributed by atoms with van der Waals surface area (Å²) in [6.07, 6.45) is 44.5. The summed E-state index contributed by atoms with van der Waals surface area (Å²) in [6.45, 7) is 3.61. The quantitative estimate of drug-likeness (QED) is 0.0294. The van der Waals surface area contributed by atoms with Crippen LogP contribution in [0.1, 0.15) is 290 Å². The Morgan fingerprint density at radius 2 is 0.788 bits per heavy atom. The van der Waals surface area contributed by atoms with Crippen molar-refractivity contribution in [2.45, 2.75) is 339 Å². The maximum Gasteiger partial charge on any atom is 0.220 e. The summed E-state index contributed by atoms with van der Waals surface area (Å²) in [6, 6.07) is -0.984. The molecule has 1 aliphatic heterocycles. The number of carbonyl (C=O) groups is 1. The lowest BCUT2D eigenvalue weighted by Crippen LogP contribution is -2.60. The Bertz CT molecular complexity index is 1020. The van der Waals surface area contributed by atoms with Gasteiger partial charge in [-0.15, -0.1) is 0 Å². The van der Waals surface area contributed by atoms with Gasteiger partial charge in [0, 0.05) is 6.42 Å². The summed E-state index contributed by atoms with van der Waals surface area (Å²) in [5.74, 6) is -0.252. The predicted molar refractivity (Wildman–Crippen MR) is 274 cm³/mol. The molecular formula is C56H111NO9. The first-order chi connectivity index (χ1) is 32.3. The average Bonchev–Trinajstić information content (AvgIpc) is 3.32. The van der Waals surface area contributed by atoms with E-state index in [0.717, 1.165) is 44.9 Å². The number of aliphatic hydroxyl groups excluding tert-OH is 6. The van der Waals surface area contributed by atoms with Gasteiger partial charge in [0.2, 0.25) is 5.91 Å². The molecule has 0 aromatic carbocycles. The van der Waals surface area contributed by atoms with Crippen molar-refractivity contribution in [1.82, 2.24) is 5.32 Å². The van der Waals surface area contributed by atoms with Crippen molar-refractivity contribution in [2.24, 2.45) is 0 Å². The van der Waals surface area contributed by atoms with Gasteiger partial charge in [0.05, 0.1) is 25.4 Å². The largest absolute Gasteiger partial charge is 0.394 e. The Balaban J connectivity index is 2.09. The molecule has 1 heterocycles. The second-order valence-corrected chi connectivity index (χ2v) is 20.6. The van der Waals surface area contributed by atoms with E-state index >= 15 is 0 Å². The van der Waals surface area contributed by atoms with Crippen molar-refractivity contribution in [2.75, 3.05) is 13.2 Å². The van der Waals surface area contributed by atoms with E-state index in [1.165, 1.54) is 218 Å². The van der Waals surface area contributed by atoms with Gasteiger partial charge >= 0.3 is 0 Å². The first kappa shape index (κ1) is 63.2. The molecule has 10 nitrogen and oxygen atoms in total. The van der Waals surface area contributed by atoms with Gasteiger partial charge in [0.1, 0.15) is 30.5 Å². The number of aliphatic hydroxyl groups is 6. The van der Waals surface area contributed by atoms with Crippen LogP contribution in [0.2, 0.25) is 0 Å². The number of rotatable bonds is 50. The molecule has 7 N–H and O–H groups in total. The van der Waals surface area contributed by atoms with E-state index in [4.69, 9.17) is 9.47 Å². The van der Waals surface area contributed by atoms with Gasteiger partial charge in [0.25, 0.3) is 0 Å². The lowest BCUT2D eigenvalue weighted by molar-refractivity contribution is -0.303. The highest BCUT2D eigenvalue weighted by Crippen LogP contribution is 2.24. The highest BCUT2D eigenvalue weighted by atomic mass is 16.7. The van der Waals surface area contributed by atoms with Crippen molar-refractivity contribution in [1.29, 1.82) is 0 Å². The third-order valence-corrected chi connectivity index (χ3v) is 14.3. The fraction of sp³-hybridized carbons (Fsp3) is 0.982. The standard InChI is InChI=1S/C56H111NO9/c1-3-5-7-9-11-13-14-15-16-17-18-19-20-21-22-23-24-25-26-27-28-29-30-31-32-33-34-35-37-39-41-43-45-51(60)57-48(47-65-56-55(64)54(63)53(62)50(46-58)66-56)52(61)49(59)44-42-40-38-36-12-10-8-6-4-2/h48-50,52-56,58-59,61-64H,3-47H2,1-2H3,(H,57,60)/t48-,49+,50+,52-,53+,54?,55?,56+/m0/s1. The minimum absolute atomic E-state index is 0.252. The SMILES string of the molecule is CCCCCCCCCCCCCCCCCCCCCCCCCCCCCCCCCCC(=O)N[C@@H](CO[C@@H]1O[C@H](CO)[C@@H](O)C(O)C1O)[C@H](O)[C@H](O)CCCCCCCCCCC. The van der Waals surface area contributed by atoms with Crippen LogP contribution < -0.4 is 5.32 Å². The minimum Gasteiger partial charge on any atom is -0.394 e. The van der Waals surface area contributed by atoms with Gasteiger partial charge in [-0.2, -0.15) is 0 Å². The molecule has 1 rings (SSSR count). The fourth-order valence-electron chi connectivity index (χ4n) is 9.67. The third kappa shape index (κ3) is 35.3. The summed E-state index contributed by atoms with van der Waals surface area (Å²) < 4.78 is 11.2. The van der Waals surface area contributed by atoms with E-state index in [1.807, 2.05) is 0 Å². The molecule has 1 fully saturated rings. The second kappa shape index (κ2) is 46.5. The molecule has 8 atom stereocenters. The van der Waals surface area contributed by atoms with Crippen molar-refractivity contribution in [3.05, 3.63) is 0 Å². The van der Waals surface area contributed by atoms with Gasteiger partial charge in [0.15, 0.2) is 6.29 Å². The topological polar surface area (TPSA) is 169 Å². The first-order valence-corrected chi connectivity index (χ1v) is 28.8. The number of hydrogen-bond donors (Lipinski definition) is 7. The Morgan fingerprint density at radius 3 is 1.12 bits per heavy atom. The molecule has 0 aromatic rings. The number of carbonyl (C=O) groups excluding carboxylic acids is 1. The monoisotopic (exact) mass is 942 g/mol. The van der Waals surface area contributed by atoms with Gasteiger partial charge in [-0.1, -0.05) is 271 Å². The van der Waals surface area contributed by atoms with Crippen LogP contribution in [-0.4, -0.2) is 98.7 Å². The van der Waals surface area contributed by atoms with Crippen LogP contribution in [0.15, 0.2) is 0 Å². The summed E-state index contributed by atoms with van der Waals surface area (Å²) in [5.41, 5.74) is 0. The smallest absolute Gasteiger partial charge is 0.220 e. The number of amides is 1. The molecule has 0 aliphatic carbocycles. The molecule has 0 radical (unpaired) electrons. The van der Waals surface area contributed by atoms with E-state index in [1.54, 1.807) is 0 Å². The molecule has 0 saturated carbocycles. The Kier molecular flexibility index (Phi) is 44.5. The lowest BCUT2D eigenvalue weighted by Gasteiger charge is -2.40. The third-order valence-electron chi connectivity index (χ3n) is 14.3. The van der Waals surface area contributed by atoms with Crippen molar-refractivity contribution in [3.63, 3.8) is 0 Å². The zero-order chi connectivity index (χ0) is 48.1. The Labute approximate surface area is 407 Å². The zero-order valence-electron chi connectivity index (χ0n) is 43.3. The first-order valence-electron chi connectivity index (χ1n) is 28.8. The van der Waals surface area contributed by atoms with E-state index in [2.05, 4.69) is 19.2 Å².